The molecule has 1 saturated heterocycles. The minimum Gasteiger partial charge on any atom is -0.396 e. The van der Waals surface area contributed by atoms with Gasteiger partial charge in [0.05, 0.1) is 12.6 Å². The molecular weight excluding hydrogens is 342 g/mol. The van der Waals surface area contributed by atoms with Crippen molar-refractivity contribution in [3.63, 3.8) is 0 Å². The van der Waals surface area contributed by atoms with Gasteiger partial charge in [-0.25, -0.2) is 0 Å². The molecule has 2 unspecified atom stereocenters. The second-order valence-electron chi connectivity index (χ2n) is 7.19. The molecule has 2 rings (SSSR count). The predicted octanol–water partition coefficient (Wildman–Crippen LogP) is 1.64. The van der Waals surface area contributed by atoms with Gasteiger partial charge in [0.2, 0.25) is 11.8 Å². The summed E-state index contributed by atoms with van der Waals surface area (Å²) >= 11 is 5.89. The number of aliphatic hydroxyl groups is 1. The second-order valence-corrected chi connectivity index (χ2v) is 7.62. The lowest BCUT2D eigenvalue weighted by Gasteiger charge is -2.34. The zero-order chi connectivity index (χ0) is 18.8. The molecule has 0 saturated carbocycles. The van der Waals surface area contributed by atoms with Gasteiger partial charge in [0, 0.05) is 29.7 Å². The van der Waals surface area contributed by atoms with E-state index >= 15 is 0 Å². The van der Waals surface area contributed by atoms with Crippen LogP contribution in [0.3, 0.4) is 0 Å². The average Bonchev–Trinajstić information content (AvgIpc) is 3.09. The number of aliphatic hydroxyl groups excluding tert-OH is 1. The first-order chi connectivity index (χ1) is 11.7. The molecule has 0 aliphatic carbocycles. The predicted molar refractivity (Wildman–Crippen MR) is 98.4 cm³/mol. The summed E-state index contributed by atoms with van der Waals surface area (Å²) < 4.78 is 0. The molecule has 1 aliphatic rings. The summed E-state index contributed by atoms with van der Waals surface area (Å²) in [5, 5.41) is 10.1. The second kappa shape index (κ2) is 7.72. The Hall–Kier alpha value is -1.63. The standard InChI is InChI=1S/C18H26ClN3O3/c1-18(2,11-23)15(20)17(25)22-10-4-5-14(22)16(24)21(3)13-8-6-12(19)7-9-13/h6-9,14-15,23H,4-5,10-11,20H2,1-3H3. The lowest BCUT2D eigenvalue weighted by molar-refractivity contribution is -0.141. The number of hydrogen-bond acceptors (Lipinski definition) is 4. The number of nitrogens with zero attached hydrogens (tertiary/aromatic N) is 2. The Kier molecular flexibility index (Phi) is 6.08. The van der Waals surface area contributed by atoms with Gasteiger partial charge in [0.1, 0.15) is 6.04 Å². The van der Waals surface area contributed by atoms with Crippen LogP contribution >= 0.6 is 11.6 Å². The first kappa shape index (κ1) is 19.7. The van der Waals surface area contributed by atoms with Gasteiger partial charge in [-0.05, 0) is 37.1 Å². The van der Waals surface area contributed by atoms with Crippen molar-refractivity contribution in [2.75, 3.05) is 25.1 Å². The van der Waals surface area contributed by atoms with E-state index < -0.39 is 17.5 Å². The van der Waals surface area contributed by atoms with E-state index in [1.165, 1.54) is 4.90 Å². The smallest absolute Gasteiger partial charge is 0.249 e. The third kappa shape index (κ3) is 4.14. The zero-order valence-electron chi connectivity index (χ0n) is 14.9. The fourth-order valence-electron chi connectivity index (χ4n) is 2.91. The van der Waals surface area contributed by atoms with Crippen LogP contribution in [-0.2, 0) is 9.59 Å². The summed E-state index contributed by atoms with van der Waals surface area (Å²) in [7, 11) is 1.68. The van der Waals surface area contributed by atoms with Crippen LogP contribution in [0.4, 0.5) is 5.69 Å². The molecule has 2 atom stereocenters. The number of likely N-dealkylation sites (N-methyl/N-ethyl adjacent to an activating group) is 1. The van der Waals surface area contributed by atoms with Gasteiger partial charge in [0.15, 0.2) is 0 Å². The molecule has 0 bridgehead atoms. The summed E-state index contributed by atoms with van der Waals surface area (Å²) in [5.41, 5.74) is 6.04. The summed E-state index contributed by atoms with van der Waals surface area (Å²) in [6.45, 7) is 3.78. The highest BCUT2D eigenvalue weighted by Gasteiger charge is 2.41. The van der Waals surface area contributed by atoms with E-state index in [4.69, 9.17) is 17.3 Å². The fraction of sp³-hybridized carbons (Fsp3) is 0.556. The molecule has 6 nitrogen and oxygen atoms in total. The molecule has 1 aromatic rings. The number of benzene rings is 1. The van der Waals surface area contributed by atoms with Crippen molar-refractivity contribution in [1.29, 1.82) is 0 Å². The van der Waals surface area contributed by atoms with Gasteiger partial charge >= 0.3 is 0 Å². The van der Waals surface area contributed by atoms with E-state index in [0.717, 1.165) is 6.42 Å². The Balaban J connectivity index is 2.16. The summed E-state index contributed by atoms with van der Waals surface area (Å²) in [6.07, 6.45) is 1.36. The van der Waals surface area contributed by atoms with Crippen molar-refractivity contribution in [3.05, 3.63) is 29.3 Å². The number of hydrogen-bond donors (Lipinski definition) is 2. The molecule has 1 aliphatic heterocycles. The van der Waals surface area contributed by atoms with Crippen molar-refractivity contribution < 1.29 is 14.7 Å². The van der Waals surface area contributed by atoms with E-state index in [1.807, 2.05) is 0 Å². The molecule has 1 aromatic carbocycles. The van der Waals surface area contributed by atoms with Crippen LogP contribution in [0.25, 0.3) is 0 Å². The monoisotopic (exact) mass is 367 g/mol. The van der Waals surface area contributed by atoms with E-state index in [2.05, 4.69) is 0 Å². The van der Waals surface area contributed by atoms with Crippen molar-refractivity contribution in [2.45, 2.75) is 38.8 Å². The van der Waals surface area contributed by atoms with Crippen molar-refractivity contribution in [1.82, 2.24) is 4.90 Å². The molecule has 0 radical (unpaired) electrons. The van der Waals surface area contributed by atoms with Gasteiger partial charge in [-0.2, -0.15) is 0 Å². The zero-order valence-corrected chi connectivity index (χ0v) is 15.7. The molecular formula is C18H26ClN3O3. The maximum absolute atomic E-state index is 12.9. The van der Waals surface area contributed by atoms with Crippen molar-refractivity contribution >= 4 is 29.1 Å². The highest BCUT2D eigenvalue weighted by Crippen LogP contribution is 2.27. The van der Waals surface area contributed by atoms with Gasteiger partial charge < -0.3 is 20.6 Å². The third-order valence-corrected chi connectivity index (χ3v) is 5.13. The lowest BCUT2D eigenvalue weighted by atomic mass is 9.85. The average molecular weight is 368 g/mol. The summed E-state index contributed by atoms with van der Waals surface area (Å²) in [6, 6.07) is 5.58. The number of rotatable bonds is 5. The largest absolute Gasteiger partial charge is 0.396 e. The van der Waals surface area contributed by atoms with E-state index in [0.29, 0.717) is 23.7 Å². The van der Waals surface area contributed by atoms with Crippen LogP contribution in [-0.4, -0.2) is 54.1 Å². The van der Waals surface area contributed by atoms with Crippen LogP contribution in [0.5, 0.6) is 0 Å². The highest BCUT2D eigenvalue weighted by atomic mass is 35.5. The molecule has 1 fully saturated rings. The Morgan fingerprint density at radius 3 is 2.56 bits per heavy atom. The minimum absolute atomic E-state index is 0.151. The fourth-order valence-corrected chi connectivity index (χ4v) is 3.04. The lowest BCUT2D eigenvalue weighted by Crippen LogP contribution is -2.56. The third-order valence-electron chi connectivity index (χ3n) is 4.88. The van der Waals surface area contributed by atoms with E-state index in [1.54, 1.807) is 50.1 Å². The Labute approximate surface area is 153 Å². The van der Waals surface area contributed by atoms with Gasteiger partial charge in [-0.3, -0.25) is 9.59 Å². The number of nitrogens with two attached hydrogens (primary N) is 1. The maximum Gasteiger partial charge on any atom is 0.249 e. The molecule has 2 amide bonds. The highest BCUT2D eigenvalue weighted by molar-refractivity contribution is 6.30. The van der Waals surface area contributed by atoms with E-state index in [-0.39, 0.29) is 18.4 Å². The molecule has 1 heterocycles. The number of likely N-dealkylation sites (tertiary alicyclic amines) is 1. The molecule has 3 N–H and O–H groups in total. The molecule has 0 spiro atoms. The van der Waals surface area contributed by atoms with Crippen LogP contribution in [0, 0.1) is 5.41 Å². The Morgan fingerprint density at radius 1 is 1.40 bits per heavy atom. The van der Waals surface area contributed by atoms with Crippen molar-refractivity contribution in [3.8, 4) is 0 Å². The Bertz CT molecular complexity index is 633. The summed E-state index contributed by atoms with van der Waals surface area (Å²) in [4.78, 5) is 28.8. The van der Waals surface area contributed by atoms with Crippen LogP contribution < -0.4 is 10.6 Å². The number of anilines is 1. The quantitative estimate of drug-likeness (QED) is 0.828. The molecule has 7 heteroatoms. The number of carbonyl (C=O) groups excluding carboxylic acids is 2. The number of amides is 2. The van der Waals surface area contributed by atoms with Crippen LogP contribution in [0.15, 0.2) is 24.3 Å². The maximum atomic E-state index is 12.9. The van der Waals surface area contributed by atoms with Gasteiger partial charge in [-0.1, -0.05) is 25.4 Å². The number of carbonyl (C=O) groups is 2. The number of halogens is 1. The van der Waals surface area contributed by atoms with Gasteiger partial charge in [-0.15, -0.1) is 0 Å². The molecule has 25 heavy (non-hydrogen) atoms. The molecule has 138 valence electrons. The van der Waals surface area contributed by atoms with Crippen molar-refractivity contribution in [2.24, 2.45) is 11.1 Å². The SMILES string of the molecule is CN(C(=O)C1CCCN1C(=O)C(N)C(C)(C)CO)c1ccc(Cl)cc1. The van der Waals surface area contributed by atoms with E-state index in [9.17, 15) is 14.7 Å². The first-order valence-corrected chi connectivity index (χ1v) is 8.77. The molecule has 0 aromatic heterocycles. The summed E-state index contributed by atoms with van der Waals surface area (Å²) in [5.74, 6) is -0.443. The van der Waals surface area contributed by atoms with Crippen LogP contribution in [0.2, 0.25) is 5.02 Å². The Morgan fingerprint density at radius 2 is 2.00 bits per heavy atom. The minimum atomic E-state index is -0.855. The topological polar surface area (TPSA) is 86.9 Å². The van der Waals surface area contributed by atoms with Crippen LogP contribution in [0.1, 0.15) is 26.7 Å². The normalized spacial score (nSPS) is 19.0. The van der Waals surface area contributed by atoms with Gasteiger partial charge in [0.25, 0.3) is 0 Å². The first-order valence-electron chi connectivity index (χ1n) is 8.39.